The molecule has 2 N–H and O–H groups in total. The molecule has 0 unspecified atom stereocenters. The summed E-state index contributed by atoms with van der Waals surface area (Å²) in [5.41, 5.74) is 1.67. The maximum absolute atomic E-state index is 13.6. The first kappa shape index (κ1) is 32.0. The Morgan fingerprint density at radius 2 is 1.73 bits per heavy atom. The number of rotatable bonds is 8. The molecular formula is C28H30ClF2N9O4S. The van der Waals surface area contributed by atoms with Crippen molar-refractivity contribution in [2.75, 3.05) is 47.6 Å². The van der Waals surface area contributed by atoms with Crippen LogP contribution in [0.1, 0.15) is 46.8 Å². The number of amides is 1. The molecule has 1 aliphatic rings. The summed E-state index contributed by atoms with van der Waals surface area (Å²) in [4.78, 5) is 46.7. The van der Waals surface area contributed by atoms with Gasteiger partial charge in [-0.3, -0.25) is 14.2 Å². The number of aromatic nitrogens is 5. The fourth-order valence-corrected chi connectivity index (χ4v) is 5.77. The van der Waals surface area contributed by atoms with E-state index in [1.54, 1.807) is 19.2 Å². The number of nitrogens with zero attached hydrogens (tertiary/aromatic N) is 7. The number of carbonyl (C=O) groups excluding carboxylic acids is 1. The highest BCUT2D eigenvalue weighted by Crippen LogP contribution is 2.29. The van der Waals surface area contributed by atoms with Crippen LogP contribution in [0.4, 0.5) is 26.2 Å². The molecule has 3 aromatic heterocycles. The number of aryl methyl sites for hydroxylation is 1. The van der Waals surface area contributed by atoms with Gasteiger partial charge >= 0.3 is 0 Å². The van der Waals surface area contributed by atoms with Crippen LogP contribution in [0.3, 0.4) is 0 Å². The highest BCUT2D eigenvalue weighted by Gasteiger charge is 2.25. The Kier molecular flexibility index (Phi) is 8.89. The molecule has 0 spiro atoms. The van der Waals surface area contributed by atoms with Crippen LogP contribution >= 0.6 is 11.6 Å². The smallest absolute Gasteiger partial charge is 0.297 e. The number of sulfonamides is 1. The summed E-state index contributed by atoms with van der Waals surface area (Å²) >= 11 is 6.01. The molecule has 13 nitrogen and oxygen atoms in total. The Balaban J connectivity index is 1.46. The maximum atomic E-state index is 13.6. The van der Waals surface area contributed by atoms with Crippen molar-refractivity contribution in [3.63, 3.8) is 0 Å². The SMILES string of the molecule is Cc1cc([C@@H](C)Nc2ccc(Cl)nc2C(=O)NS(C)(=O)=O)c2nc(N3CCN(c4ccnc(C(F)F)n4)CC3)n(C)c(=O)c2c1. The quantitative estimate of drug-likeness (QED) is 0.268. The lowest BCUT2D eigenvalue weighted by atomic mass is 10.0. The van der Waals surface area contributed by atoms with E-state index in [1.165, 1.54) is 22.9 Å². The molecule has 0 aliphatic carbocycles. The number of fused-ring (bicyclic) bond motifs is 1. The van der Waals surface area contributed by atoms with E-state index in [2.05, 4.69) is 20.3 Å². The molecule has 4 aromatic rings. The van der Waals surface area contributed by atoms with E-state index in [0.29, 0.717) is 54.4 Å². The molecule has 1 aromatic carbocycles. The van der Waals surface area contributed by atoms with Gasteiger partial charge in [0.1, 0.15) is 11.0 Å². The molecule has 238 valence electrons. The monoisotopic (exact) mass is 661 g/mol. The number of hydrogen-bond donors (Lipinski definition) is 2. The van der Waals surface area contributed by atoms with E-state index in [9.17, 15) is 26.8 Å². The molecule has 0 saturated carbocycles. The number of nitrogens with one attached hydrogen (secondary N) is 2. The Bertz CT molecular complexity index is 1950. The lowest BCUT2D eigenvalue weighted by Crippen LogP contribution is -2.48. The summed E-state index contributed by atoms with van der Waals surface area (Å²) in [6.07, 6.45) is -0.609. The third-order valence-corrected chi connectivity index (χ3v) is 8.03. The van der Waals surface area contributed by atoms with E-state index >= 15 is 0 Å². The van der Waals surface area contributed by atoms with Crippen molar-refractivity contribution >= 4 is 55.9 Å². The number of benzene rings is 1. The second-order valence-corrected chi connectivity index (χ2v) is 12.8. The number of alkyl halides is 2. The van der Waals surface area contributed by atoms with Crippen molar-refractivity contribution in [3.05, 3.63) is 74.7 Å². The summed E-state index contributed by atoms with van der Waals surface area (Å²) in [6.45, 7) is 5.47. The molecule has 1 saturated heterocycles. The predicted octanol–water partition coefficient (Wildman–Crippen LogP) is 3.21. The van der Waals surface area contributed by atoms with Crippen LogP contribution in [0.5, 0.6) is 0 Å². The van der Waals surface area contributed by atoms with Crippen LogP contribution in [0.25, 0.3) is 10.9 Å². The van der Waals surface area contributed by atoms with Gasteiger partial charge in [-0.2, -0.15) is 0 Å². The molecule has 1 fully saturated rings. The molecule has 17 heteroatoms. The maximum Gasteiger partial charge on any atom is 0.297 e. The molecule has 45 heavy (non-hydrogen) atoms. The number of anilines is 3. The average molecular weight is 662 g/mol. The van der Waals surface area contributed by atoms with E-state index in [4.69, 9.17) is 16.6 Å². The zero-order chi connectivity index (χ0) is 32.6. The molecule has 1 amide bonds. The predicted molar refractivity (Wildman–Crippen MR) is 167 cm³/mol. The first-order valence-electron chi connectivity index (χ1n) is 13.8. The van der Waals surface area contributed by atoms with Crippen LogP contribution in [0, 0.1) is 6.92 Å². The van der Waals surface area contributed by atoms with Gasteiger partial charge in [-0.1, -0.05) is 17.7 Å². The van der Waals surface area contributed by atoms with Crippen LogP contribution in [-0.2, 0) is 17.1 Å². The topological polar surface area (TPSA) is 155 Å². The minimum Gasteiger partial charge on any atom is -0.377 e. The molecular weight excluding hydrogens is 632 g/mol. The van der Waals surface area contributed by atoms with Crippen molar-refractivity contribution in [2.45, 2.75) is 26.3 Å². The van der Waals surface area contributed by atoms with Gasteiger partial charge in [0.25, 0.3) is 17.9 Å². The first-order chi connectivity index (χ1) is 21.2. The first-order valence-corrected chi connectivity index (χ1v) is 16.1. The van der Waals surface area contributed by atoms with Crippen molar-refractivity contribution in [3.8, 4) is 0 Å². The Morgan fingerprint density at radius 3 is 2.40 bits per heavy atom. The van der Waals surface area contributed by atoms with Gasteiger partial charge in [0.15, 0.2) is 11.5 Å². The Morgan fingerprint density at radius 1 is 1.04 bits per heavy atom. The fourth-order valence-electron chi connectivity index (χ4n) is 5.19. The standard InChI is InChI=1S/C28H30ClF2N9O4S/c1-15-13-17(16(2)33-19-5-6-20(29)34-23(19)26(41)37-45(4,43)44)22-18(14-15)27(42)38(3)28(36-22)40-11-9-39(10-12-40)21-7-8-32-25(35-21)24(30)31/h5-8,13-14,16,24,33H,9-12H2,1-4H3,(H,37,41)/t16-/m1/s1. The van der Waals surface area contributed by atoms with Crippen molar-refractivity contribution < 1.29 is 22.0 Å². The number of hydrogen-bond acceptors (Lipinski definition) is 11. The summed E-state index contributed by atoms with van der Waals surface area (Å²) in [7, 11) is -2.22. The van der Waals surface area contributed by atoms with E-state index < -0.39 is 34.2 Å². The van der Waals surface area contributed by atoms with Crippen molar-refractivity contribution in [2.24, 2.45) is 7.05 Å². The van der Waals surface area contributed by atoms with Gasteiger partial charge in [-0.05, 0) is 43.7 Å². The zero-order valence-electron chi connectivity index (χ0n) is 24.8. The van der Waals surface area contributed by atoms with Gasteiger partial charge < -0.3 is 15.1 Å². The summed E-state index contributed by atoms with van der Waals surface area (Å²) in [6, 6.07) is 7.67. The Labute approximate surface area is 262 Å². The molecule has 5 rings (SSSR count). The van der Waals surface area contributed by atoms with Gasteiger partial charge in [0.05, 0.1) is 28.9 Å². The number of piperazine rings is 1. The van der Waals surface area contributed by atoms with E-state index in [-0.39, 0.29) is 22.1 Å². The van der Waals surface area contributed by atoms with Gasteiger partial charge in [0.2, 0.25) is 16.0 Å². The van der Waals surface area contributed by atoms with Crippen molar-refractivity contribution in [1.82, 2.24) is 29.2 Å². The van der Waals surface area contributed by atoms with Crippen LogP contribution in [-0.4, -0.2) is 71.3 Å². The average Bonchev–Trinajstić information content (AvgIpc) is 2.99. The van der Waals surface area contributed by atoms with Crippen molar-refractivity contribution in [1.29, 1.82) is 0 Å². The molecule has 4 heterocycles. The summed E-state index contributed by atoms with van der Waals surface area (Å²) < 4.78 is 53.0. The molecule has 1 aliphatic heterocycles. The van der Waals surface area contributed by atoms with Gasteiger partial charge in [-0.15, -0.1) is 0 Å². The van der Waals surface area contributed by atoms with Gasteiger partial charge in [0, 0.05) is 45.0 Å². The minimum atomic E-state index is -3.87. The largest absolute Gasteiger partial charge is 0.377 e. The normalized spacial score (nSPS) is 14.6. The lowest BCUT2D eigenvalue weighted by molar-refractivity contribution is 0.0977. The van der Waals surface area contributed by atoms with Gasteiger partial charge in [-0.25, -0.2) is 41.9 Å². The lowest BCUT2D eigenvalue weighted by Gasteiger charge is -2.36. The number of carbonyl (C=O) groups is 1. The summed E-state index contributed by atoms with van der Waals surface area (Å²) in [5, 5.41) is 3.59. The summed E-state index contributed by atoms with van der Waals surface area (Å²) in [5.74, 6) is -0.651. The molecule has 1 atom stereocenters. The van der Waals surface area contributed by atoms with E-state index in [0.717, 1.165) is 11.8 Å². The third kappa shape index (κ3) is 6.96. The number of pyridine rings is 1. The fraction of sp³-hybridized carbons (Fsp3) is 0.357. The van der Waals surface area contributed by atoms with E-state index in [1.807, 2.05) is 34.4 Å². The Hall–Kier alpha value is -4.44. The second kappa shape index (κ2) is 12.5. The molecule has 0 bridgehead atoms. The zero-order valence-corrected chi connectivity index (χ0v) is 26.3. The van der Waals surface area contributed by atoms with Crippen LogP contribution in [0.2, 0.25) is 5.15 Å². The molecule has 0 radical (unpaired) electrons. The minimum absolute atomic E-state index is 0.00284. The highest BCUT2D eigenvalue weighted by atomic mass is 35.5. The third-order valence-electron chi connectivity index (χ3n) is 7.26. The second-order valence-electron chi connectivity index (χ2n) is 10.7. The number of halogens is 3. The highest BCUT2D eigenvalue weighted by molar-refractivity contribution is 7.89. The van der Waals surface area contributed by atoms with Crippen LogP contribution in [0.15, 0.2) is 41.3 Å². The van der Waals surface area contributed by atoms with Crippen LogP contribution < -0.4 is 25.4 Å².